The molecule has 7 heteroatoms. The largest absolute Gasteiger partial charge is 0.379 e. The van der Waals surface area contributed by atoms with Gasteiger partial charge in [-0.15, -0.1) is 0 Å². The van der Waals surface area contributed by atoms with E-state index in [1.807, 2.05) is 22.8 Å². The number of carbonyl (C=O) groups is 1. The highest BCUT2D eigenvalue weighted by Crippen LogP contribution is 2.23. The van der Waals surface area contributed by atoms with Crippen LogP contribution in [0.2, 0.25) is 0 Å². The molecule has 2 aliphatic heterocycles. The third-order valence-corrected chi connectivity index (χ3v) is 9.15. The number of aromatic nitrogens is 1. The zero-order chi connectivity index (χ0) is 26.2. The molecule has 2 aromatic carbocycles. The molecular weight excluding hydrogens is 494 g/mol. The summed E-state index contributed by atoms with van der Waals surface area (Å²) in [5, 5.41) is 0. The lowest BCUT2D eigenvalue weighted by Crippen LogP contribution is -2.38. The van der Waals surface area contributed by atoms with Gasteiger partial charge in [0.2, 0.25) is 0 Å². The number of unbranched alkanes of at least 4 members (excludes halogenated alkanes) is 1. The SMILES string of the molecule is O=C(CCc1ccccc1)C1CCN(CCn2c(=O)sc3cc(CCCCN4CCOCC4)ccc32)CC1. The molecule has 0 unspecified atom stereocenters. The van der Waals surface area contributed by atoms with E-state index in [1.54, 1.807) is 0 Å². The standard InChI is InChI=1S/C31H41N3O3S/c35-29(12-10-25-6-2-1-3-7-25)27-13-16-33(17-14-27)18-19-34-28-11-9-26(24-30(28)38-31(34)36)8-4-5-15-32-20-22-37-23-21-32/h1-3,6-7,9,11,24,27H,4-5,8,10,12-23H2. The summed E-state index contributed by atoms with van der Waals surface area (Å²) < 4.78 is 8.47. The Morgan fingerprint density at radius 2 is 1.61 bits per heavy atom. The minimum Gasteiger partial charge on any atom is -0.379 e. The van der Waals surface area contributed by atoms with E-state index in [2.05, 4.69) is 40.1 Å². The third kappa shape index (κ3) is 7.41. The molecule has 2 fully saturated rings. The van der Waals surface area contributed by atoms with Gasteiger partial charge in [0, 0.05) is 38.5 Å². The molecule has 0 aliphatic carbocycles. The van der Waals surface area contributed by atoms with Crippen molar-refractivity contribution in [3.63, 3.8) is 0 Å². The van der Waals surface area contributed by atoms with Gasteiger partial charge in [-0.25, -0.2) is 0 Å². The third-order valence-electron chi connectivity index (χ3n) is 8.21. The normalized spacial score (nSPS) is 17.8. The van der Waals surface area contributed by atoms with E-state index >= 15 is 0 Å². The first kappa shape index (κ1) is 27.3. The van der Waals surface area contributed by atoms with Crippen LogP contribution in [0.3, 0.4) is 0 Å². The molecule has 0 spiro atoms. The Labute approximate surface area is 230 Å². The maximum Gasteiger partial charge on any atom is 0.308 e. The zero-order valence-corrected chi connectivity index (χ0v) is 23.3. The van der Waals surface area contributed by atoms with E-state index in [1.165, 1.54) is 35.3 Å². The first-order valence-corrected chi connectivity index (χ1v) is 15.2. The Kier molecular flexibility index (Phi) is 9.79. The second-order valence-electron chi connectivity index (χ2n) is 10.8. The van der Waals surface area contributed by atoms with Crippen LogP contribution in [0.15, 0.2) is 53.3 Å². The number of hydrogen-bond donors (Lipinski definition) is 0. The molecule has 3 heterocycles. The van der Waals surface area contributed by atoms with E-state index < -0.39 is 0 Å². The summed E-state index contributed by atoms with van der Waals surface area (Å²) in [5.74, 6) is 0.595. The molecule has 2 saturated heterocycles. The predicted octanol–water partition coefficient (Wildman–Crippen LogP) is 4.63. The van der Waals surface area contributed by atoms with Crippen molar-refractivity contribution in [3.8, 4) is 0 Å². The van der Waals surface area contributed by atoms with Crippen molar-refractivity contribution in [2.24, 2.45) is 5.92 Å². The molecule has 0 amide bonds. The van der Waals surface area contributed by atoms with Crippen molar-refractivity contribution in [2.75, 3.05) is 52.5 Å². The number of benzene rings is 2. The molecule has 3 aromatic rings. The van der Waals surface area contributed by atoms with Crippen LogP contribution < -0.4 is 4.87 Å². The summed E-state index contributed by atoms with van der Waals surface area (Å²) in [6.45, 7) is 8.43. The van der Waals surface area contributed by atoms with Gasteiger partial charge in [-0.1, -0.05) is 47.7 Å². The number of rotatable bonds is 12. The second-order valence-corrected chi connectivity index (χ2v) is 11.8. The summed E-state index contributed by atoms with van der Waals surface area (Å²) in [4.78, 5) is 30.6. The number of carbonyl (C=O) groups excluding carboxylic acids is 1. The quantitative estimate of drug-likeness (QED) is 0.317. The van der Waals surface area contributed by atoms with E-state index in [0.29, 0.717) is 18.7 Å². The Balaban J connectivity index is 1.05. The summed E-state index contributed by atoms with van der Waals surface area (Å²) in [6, 6.07) is 16.8. The minimum absolute atomic E-state index is 0.135. The van der Waals surface area contributed by atoms with Crippen molar-refractivity contribution in [2.45, 2.75) is 51.5 Å². The number of aryl methyl sites for hydroxylation is 2. The topological polar surface area (TPSA) is 54.8 Å². The Morgan fingerprint density at radius 1 is 0.842 bits per heavy atom. The average Bonchev–Trinajstić information content (AvgIpc) is 3.28. The molecule has 0 saturated carbocycles. The zero-order valence-electron chi connectivity index (χ0n) is 22.5. The van der Waals surface area contributed by atoms with Gasteiger partial charge in [-0.05, 0) is 81.4 Å². The smallest absolute Gasteiger partial charge is 0.308 e. The van der Waals surface area contributed by atoms with Crippen molar-refractivity contribution in [1.29, 1.82) is 0 Å². The lowest BCUT2D eigenvalue weighted by Gasteiger charge is -2.31. The summed E-state index contributed by atoms with van der Waals surface area (Å²) >= 11 is 1.37. The molecule has 0 bridgehead atoms. The highest BCUT2D eigenvalue weighted by Gasteiger charge is 2.24. The molecule has 1 aromatic heterocycles. The average molecular weight is 536 g/mol. The maximum absolute atomic E-state index is 12.8. The molecule has 5 rings (SSSR count). The van der Waals surface area contributed by atoms with Crippen LogP contribution in [0.1, 0.15) is 43.2 Å². The van der Waals surface area contributed by atoms with Crippen LogP contribution in [0.4, 0.5) is 0 Å². The van der Waals surface area contributed by atoms with Crippen LogP contribution >= 0.6 is 11.3 Å². The number of morpholine rings is 1. The van der Waals surface area contributed by atoms with Crippen molar-refractivity contribution in [3.05, 3.63) is 69.3 Å². The number of hydrogen-bond acceptors (Lipinski definition) is 6. The number of piperidine rings is 1. The fraction of sp³-hybridized carbons (Fsp3) is 0.548. The molecule has 6 nitrogen and oxygen atoms in total. The van der Waals surface area contributed by atoms with Crippen LogP contribution in [0.5, 0.6) is 0 Å². The molecule has 38 heavy (non-hydrogen) atoms. The first-order chi connectivity index (χ1) is 18.7. The highest BCUT2D eigenvalue weighted by atomic mass is 32.1. The van der Waals surface area contributed by atoms with Gasteiger partial charge in [0.05, 0.1) is 23.4 Å². The lowest BCUT2D eigenvalue weighted by molar-refractivity contribution is -0.124. The summed E-state index contributed by atoms with van der Waals surface area (Å²) in [6.07, 6.45) is 6.77. The first-order valence-electron chi connectivity index (χ1n) is 14.4. The highest BCUT2D eigenvalue weighted by molar-refractivity contribution is 7.16. The predicted molar refractivity (Wildman–Crippen MR) is 155 cm³/mol. The summed E-state index contributed by atoms with van der Waals surface area (Å²) in [7, 11) is 0. The van der Waals surface area contributed by atoms with Gasteiger partial charge < -0.3 is 9.64 Å². The number of ether oxygens (including phenoxy) is 1. The van der Waals surface area contributed by atoms with Gasteiger partial charge in [0.15, 0.2) is 0 Å². The van der Waals surface area contributed by atoms with E-state index in [0.717, 1.165) is 88.4 Å². The van der Waals surface area contributed by atoms with E-state index in [-0.39, 0.29) is 10.8 Å². The second kappa shape index (κ2) is 13.7. The van der Waals surface area contributed by atoms with Crippen LogP contribution in [0.25, 0.3) is 10.2 Å². The summed E-state index contributed by atoms with van der Waals surface area (Å²) in [5.41, 5.74) is 3.62. The van der Waals surface area contributed by atoms with Gasteiger partial charge in [-0.3, -0.25) is 19.1 Å². The molecule has 0 atom stereocenters. The van der Waals surface area contributed by atoms with Gasteiger partial charge in [0.25, 0.3) is 0 Å². The van der Waals surface area contributed by atoms with E-state index in [9.17, 15) is 9.59 Å². The molecule has 0 N–H and O–H groups in total. The van der Waals surface area contributed by atoms with Crippen LogP contribution in [-0.4, -0.2) is 72.6 Å². The van der Waals surface area contributed by atoms with E-state index in [4.69, 9.17) is 4.74 Å². The monoisotopic (exact) mass is 535 g/mol. The minimum atomic E-state index is 0.135. The van der Waals surface area contributed by atoms with Crippen molar-refractivity contribution < 1.29 is 9.53 Å². The number of thiazole rings is 1. The number of ketones is 1. The van der Waals surface area contributed by atoms with Gasteiger partial charge in [0.1, 0.15) is 5.78 Å². The van der Waals surface area contributed by atoms with Crippen molar-refractivity contribution >= 4 is 27.3 Å². The fourth-order valence-corrected chi connectivity index (χ4v) is 6.78. The fourth-order valence-electron chi connectivity index (χ4n) is 5.80. The van der Waals surface area contributed by atoms with Crippen molar-refractivity contribution in [1.82, 2.24) is 14.4 Å². The molecular formula is C31H41N3O3S. The molecule has 2 aliphatic rings. The number of Topliss-reactive ketones (excluding diaryl/α,β-unsaturated/α-hetero) is 1. The molecule has 0 radical (unpaired) electrons. The Morgan fingerprint density at radius 3 is 2.39 bits per heavy atom. The van der Waals surface area contributed by atoms with Crippen LogP contribution in [0, 0.1) is 5.92 Å². The van der Waals surface area contributed by atoms with Gasteiger partial charge in [-0.2, -0.15) is 0 Å². The Bertz CT molecular complexity index is 1220. The lowest BCUT2D eigenvalue weighted by atomic mass is 9.89. The number of likely N-dealkylation sites (tertiary alicyclic amines) is 1. The number of nitrogens with zero attached hydrogens (tertiary/aromatic N) is 3. The maximum atomic E-state index is 12.8. The Hall–Kier alpha value is -2.32. The van der Waals surface area contributed by atoms with Gasteiger partial charge >= 0.3 is 4.87 Å². The molecule has 204 valence electrons. The number of fused-ring (bicyclic) bond motifs is 1. The van der Waals surface area contributed by atoms with Crippen LogP contribution in [-0.2, 0) is 28.9 Å².